The third-order valence-corrected chi connectivity index (χ3v) is 2.32. The number of rotatable bonds is 3. The number of carbonyl (C=O) groups is 1. The first-order chi connectivity index (χ1) is 7.69. The lowest BCUT2D eigenvalue weighted by Gasteiger charge is -2.14. The summed E-state index contributed by atoms with van der Waals surface area (Å²) in [4.78, 5) is 11.4. The van der Waals surface area contributed by atoms with Crippen LogP contribution in [0.4, 0.5) is 0 Å². The summed E-state index contributed by atoms with van der Waals surface area (Å²) in [5, 5.41) is 0. The molecule has 0 N–H and O–H groups in total. The molecule has 0 aliphatic heterocycles. The summed E-state index contributed by atoms with van der Waals surface area (Å²) in [5.74, 6) is -0.332. The van der Waals surface area contributed by atoms with Crippen molar-refractivity contribution in [2.24, 2.45) is 0 Å². The number of esters is 1. The lowest BCUT2D eigenvalue weighted by Crippen LogP contribution is -2.16. The standard InChI is InChI=1S/C14H16O2/c1-4-8-14(15)16-13-10-7-6-9-12(5-2)11(13)3/h4-10,13H,2H2,1,3H3/b8-4+. The van der Waals surface area contributed by atoms with Gasteiger partial charge in [0.25, 0.3) is 0 Å². The van der Waals surface area contributed by atoms with Crippen LogP contribution < -0.4 is 0 Å². The van der Waals surface area contributed by atoms with E-state index in [0.717, 1.165) is 11.1 Å². The van der Waals surface area contributed by atoms with Crippen LogP contribution in [-0.4, -0.2) is 12.1 Å². The van der Waals surface area contributed by atoms with Crippen LogP contribution in [0.1, 0.15) is 13.8 Å². The average molecular weight is 216 g/mol. The maximum absolute atomic E-state index is 11.4. The fourth-order valence-electron chi connectivity index (χ4n) is 1.42. The van der Waals surface area contributed by atoms with E-state index in [9.17, 15) is 4.79 Å². The number of ether oxygens (including phenoxy) is 1. The summed E-state index contributed by atoms with van der Waals surface area (Å²) in [5.41, 5.74) is 1.97. The number of hydrogen-bond acceptors (Lipinski definition) is 2. The van der Waals surface area contributed by atoms with Crippen LogP contribution in [-0.2, 0) is 9.53 Å². The van der Waals surface area contributed by atoms with Gasteiger partial charge in [-0.15, -0.1) is 0 Å². The van der Waals surface area contributed by atoms with Crippen LogP contribution in [0.5, 0.6) is 0 Å². The van der Waals surface area contributed by atoms with E-state index in [1.54, 1.807) is 19.1 Å². The largest absolute Gasteiger partial charge is 0.450 e. The van der Waals surface area contributed by atoms with Gasteiger partial charge in [0.05, 0.1) is 0 Å². The molecule has 0 radical (unpaired) electrons. The minimum atomic E-state index is -0.332. The zero-order valence-electron chi connectivity index (χ0n) is 9.64. The molecule has 16 heavy (non-hydrogen) atoms. The van der Waals surface area contributed by atoms with E-state index < -0.39 is 0 Å². The molecule has 1 rings (SSSR count). The van der Waals surface area contributed by atoms with Crippen LogP contribution in [0.3, 0.4) is 0 Å². The van der Waals surface area contributed by atoms with Gasteiger partial charge < -0.3 is 4.74 Å². The molecule has 2 heteroatoms. The Labute approximate surface area is 96.3 Å². The van der Waals surface area contributed by atoms with Crippen molar-refractivity contribution in [2.45, 2.75) is 20.0 Å². The van der Waals surface area contributed by atoms with E-state index in [1.807, 2.05) is 31.2 Å². The molecule has 0 heterocycles. The van der Waals surface area contributed by atoms with Gasteiger partial charge in [0.1, 0.15) is 6.10 Å². The summed E-state index contributed by atoms with van der Waals surface area (Å²) in [6, 6.07) is 0. The molecule has 0 saturated carbocycles. The third kappa shape index (κ3) is 3.09. The van der Waals surface area contributed by atoms with Gasteiger partial charge in [-0.3, -0.25) is 0 Å². The number of hydrogen-bond donors (Lipinski definition) is 0. The molecule has 0 aromatic heterocycles. The third-order valence-electron chi connectivity index (χ3n) is 2.32. The van der Waals surface area contributed by atoms with Gasteiger partial charge in [-0.1, -0.05) is 37.0 Å². The molecule has 0 bridgehead atoms. The summed E-state index contributed by atoms with van der Waals surface area (Å²) in [6.45, 7) is 7.45. The molecule has 0 amide bonds. The number of carbonyl (C=O) groups excluding carboxylic acids is 1. The molecular formula is C14H16O2. The predicted molar refractivity (Wildman–Crippen MR) is 65.9 cm³/mol. The maximum Gasteiger partial charge on any atom is 0.331 e. The Morgan fingerprint density at radius 1 is 1.50 bits per heavy atom. The van der Waals surface area contributed by atoms with Crippen molar-refractivity contribution in [2.75, 3.05) is 0 Å². The molecule has 1 aliphatic carbocycles. The normalized spacial score (nSPS) is 20.0. The van der Waals surface area contributed by atoms with Crippen molar-refractivity contribution in [3.8, 4) is 0 Å². The first-order valence-electron chi connectivity index (χ1n) is 5.20. The zero-order valence-corrected chi connectivity index (χ0v) is 9.64. The van der Waals surface area contributed by atoms with Gasteiger partial charge in [0, 0.05) is 6.08 Å². The predicted octanol–water partition coefficient (Wildman–Crippen LogP) is 3.10. The van der Waals surface area contributed by atoms with Crippen molar-refractivity contribution in [1.29, 1.82) is 0 Å². The summed E-state index contributed by atoms with van der Waals surface area (Å²) < 4.78 is 5.30. The highest BCUT2D eigenvalue weighted by molar-refractivity contribution is 5.82. The highest BCUT2D eigenvalue weighted by Crippen LogP contribution is 2.18. The van der Waals surface area contributed by atoms with Crippen molar-refractivity contribution >= 4 is 5.97 Å². The second kappa shape index (κ2) is 5.91. The molecular weight excluding hydrogens is 200 g/mol. The van der Waals surface area contributed by atoms with Crippen molar-refractivity contribution < 1.29 is 9.53 Å². The summed E-state index contributed by atoms with van der Waals surface area (Å²) in [6.07, 6.45) is 12.1. The fourth-order valence-corrected chi connectivity index (χ4v) is 1.42. The second-order valence-corrected chi connectivity index (χ2v) is 3.44. The lowest BCUT2D eigenvalue weighted by atomic mass is 10.1. The quantitative estimate of drug-likeness (QED) is 0.535. The summed E-state index contributed by atoms with van der Waals surface area (Å²) >= 11 is 0. The van der Waals surface area contributed by atoms with Gasteiger partial charge in [0.15, 0.2) is 0 Å². The van der Waals surface area contributed by atoms with Gasteiger partial charge >= 0.3 is 5.97 Å². The average Bonchev–Trinajstić information content (AvgIpc) is 2.42. The van der Waals surface area contributed by atoms with Crippen LogP contribution in [0.2, 0.25) is 0 Å². The first kappa shape index (κ1) is 12.2. The Morgan fingerprint density at radius 2 is 2.25 bits per heavy atom. The number of allylic oxidation sites excluding steroid dienone is 6. The van der Waals surface area contributed by atoms with E-state index in [1.165, 1.54) is 6.08 Å². The van der Waals surface area contributed by atoms with Gasteiger partial charge in [-0.25, -0.2) is 4.79 Å². The molecule has 0 saturated heterocycles. The van der Waals surface area contributed by atoms with Gasteiger partial charge in [0.2, 0.25) is 0 Å². The maximum atomic E-state index is 11.4. The summed E-state index contributed by atoms with van der Waals surface area (Å²) in [7, 11) is 0. The van der Waals surface area contributed by atoms with Gasteiger partial charge in [-0.05, 0) is 31.1 Å². The topological polar surface area (TPSA) is 26.3 Å². The van der Waals surface area contributed by atoms with Crippen molar-refractivity contribution in [1.82, 2.24) is 0 Å². The lowest BCUT2D eigenvalue weighted by molar-refractivity contribution is -0.139. The van der Waals surface area contributed by atoms with E-state index in [0.29, 0.717) is 0 Å². The Balaban J connectivity index is 2.88. The molecule has 84 valence electrons. The molecule has 1 atom stereocenters. The minimum Gasteiger partial charge on any atom is -0.450 e. The van der Waals surface area contributed by atoms with Crippen molar-refractivity contribution in [3.63, 3.8) is 0 Å². The van der Waals surface area contributed by atoms with E-state index in [2.05, 4.69) is 6.58 Å². The van der Waals surface area contributed by atoms with Gasteiger partial charge in [-0.2, -0.15) is 0 Å². The minimum absolute atomic E-state index is 0.313. The Kier molecular flexibility index (Phi) is 4.52. The SMILES string of the molecule is C=CC1=C(C)C(OC(=O)/C=C/C)C=CC=C1. The van der Waals surface area contributed by atoms with Crippen LogP contribution >= 0.6 is 0 Å². The van der Waals surface area contributed by atoms with Crippen LogP contribution in [0, 0.1) is 0 Å². The smallest absolute Gasteiger partial charge is 0.331 e. The highest BCUT2D eigenvalue weighted by atomic mass is 16.5. The zero-order chi connectivity index (χ0) is 12.0. The van der Waals surface area contributed by atoms with E-state index in [4.69, 9.17) is 4.74 Å². The Hall–Kier alpha value is -1.83. The molecule has 1 aliphatic rings. The van der Waals surface area contributed by atoms with Crippen LogP contribution in [0.25, 0.3) is 0 Å². The van der Waals surface area contributed by atoms with E-state index >= 15 is 0 Å². The molecule has 0 spiro atoms. The molecule has 2 nitrogen and oxygen atoms in total. The second-order valence-electron chi connectivity index (χ2n) is 3.44. The van der Waals surface area contributed by atoms with Crippen LogP contribution in [0.15, 0.2) is 60.3 Å². The van der Waals surface area contributed by atoms with Crippen molar-refractivity contribution in [3.05, 3.63) is 60.3 Å². The molecule has 0 aromatic rings. The fraction of sp³-hybridized carbons (Fsp3) is 0.214. The van der Waals surface area contributed by atoms with E-state index in [-0.39, 0.29) is 12.1 Å². The molecule has 0 aromatic carbocycles. The highest BCUT2D eigenvalue weighted by Gasteiger charge is 2.14. The monoisotopic (exact) mass is 216 g/mol. The molecule has 0 fully saturated rings. The Bertz CT molecular complexity index is 395. The molecule has 1 unspecified atom stereocenters. The first-order valence-corrected chi connectivity index (χ1v) is 5.20. The Morgan fingerprint density at radius 3 is 2.88 bits per heavy atom.